The quantitative estimate of drug-likeness (QED) is 0.868. The molecule has 0 radical (unpaired) electrons. The van der Waals surface area contributed by atoms with E-state index < -0.39 is 5.54 Å². The summed E-state index contributed by atoms with van der Waals surface area (Å²) in [6.07, 6.45) is 0.820. The number of carbonyl (C=O) groups is 1. The Labute approximate surface area is 117 Å². The van der Waals surface area contributed by atoms with E-state index in [4.69, 9.17) is 0 Å². The Bertz CT molecular complexity index is 478. The van der Waals surface area contributed by atoms with E-state index in [1.807, 2.05) is 27.7 Å². The van der Waals surface area contributed by atoms with Gasteiger partial charge in [-0.1, -0.05) is 20.8 Å². The van der Waals surface area contributed by atoms with Gasteiger partial charge in [0, 0.05) is 23.5 Å². The van der Waals surface area contributed by atoms with Gasteiger partial charge in [0.25, 0.3) is 0 Å². The van der Waals surface area contributed by atoms with Crippen LogP contribution in [-0.4, -0.2) is 44.1 Å². The number of anilines is 1. The van der Waals surface area contributed by atoms with Crippen LogP contribution in [0.4, 0.5) is 9.93 Å². The lowest BCUT2D eigenvalue weighted by molar-refractivity contribution is -0.00135. The Balaban J connectivity index is 2.02. The van der Waals surface area contributed by atoms with E-state index in [1.54, 1.807) is 4.90 Å². The third kappa shape index (κ3) is 2.71. The zero-order valence-corrected chi connectivity index (χ0v) is 12.5. The van der Waals surface area contributed by atoms with Crippen molar-refractivity contribution in [2.75, 3.05) is 18.5 Å². The molecular weight excluding hydrogens is 264 g/mol. The first-order chi connectivity index (χ1) is 8.76. The molecule has 1 saturated heterocycles. The van der Waals surface area contributed by atoms with Gasteiger partial charge < -0.3 is 10.0 Å². The first-order valence-corrected chi connectivity index (χ1v) is 7.07. The van der Waals surface area contributed by atoms with Gasteiger partial charge in [0.2, 0.25) is 5.13 Å². The minimum atomic E-state index is -0.443. The van der Waals surface area contributed by atoms with Crippen LogP contribution in [0.15, 0.2) is 0 Å². The Kier molecular flexibility index (Phi) is 3.53. The van der Waals surface area contributed by atoms with Gasteiger partial charge in [-0.15, -0.1) is 0 Å². The summed E-state index contributed by atoms with van der Waals surface area (Å²) in [5.74, 6) is 0.723. The van der Waals surface area contributed by atoms with E-state index in [2.05, 4.69) is 14.7 Å². The number of amides is 2. The van der Waals surface area contributed by atoms with Crippen molar-refractivity contribution in [3.05, 3.63) is 5.82 Å². The lowest BCUT2D eigenvalue weighted by atomic mass is 9.88. The summed E-state index contributed by atoms with van der Waals surface area (Å²) in [6, 6.07) is -0.223. The molecule has 1 aliphatic rings. The zero-order valence-electron chi connectivity index (χ0n) is 11.7. The molecule has 2 rings (SSSR count). The average molecular weight is 284 g/mol. The molecule has 2 N–H and O–H groups in total. The standard InChI is InChI=1S/C12H20N4O2S/c1-11(2,3)8-13-9(19-15-8)14-10(18)16-6-5-12(16,4)7-17/h17H,5-7H2,1-4H3,(H,13,14,15,18). The van der Waals surface area contributed by atoms with Crippen LogP contribution >= 0.6 is 11.5 Å². The second-order valence-corrected chi connectivity index (χ2v) is 6.91. The predicted molar refractivity (Wildman–Crippen MR) is 74.4 cm³/mol. The molecule has 0 aliphatic carbocycles. The van der Waals surface area contributed by atoms with Crippen LogP contribution in [0, 0.1) is 0 Å². The van der Waals surface area contributed by atoms with Crippen LogP contribution in [0.5, 0.6) is 0 Å². The van der Waals surface area contributed by atoms with Crippen molar-refractivity contribution in [1.82, 2.24) is 14.3 Å². The first kappa shape index (κ1) is 14.2. The molecule has 0 aromatic carbocycles. The molecule has 2 amide bonds. The number of rotatable bonds is 2. The van der Waals surface area contributed by atoms with E-state index in [0.29, 0.717) is 11.7 Å². The molecule has 106 valence electrons. The molecule has 1 unspecified atom stereocenters. The van der Waals surface area contributed by atoms with Gasteiger partial charge in [0.05, 0.1) is 12.1 Å². The smallest absolute Gasteiger partial charge is 0.324 e. The lowest BCUT2D eigenvalue weighted by Gasteiger charge is -2.49. The highest BCUT2D eigenvalue weighted by Gasteiger charge is 2.43. The summed E-state index contributed by atoms with van der Waals surface area (Å²) in [7, 11) is 0. The van der Waals surface area contributed by atoms with E-state index >= 15 is 0 Å². The second-order valence-electron chi connectivity index (χ2n) is 6.16. The Hall–Kier alpha value is -1.21. The van der Waals surface area contributed by atoms with Crippen molar-refractivity contribution in [1.29, 1.82) is 0 Å². The van der Waals surface area contributed by atoms with E-state index in [9.17, 15) is 9.90 Å². The number of hydrogen-bond acceptors (Lipinski definition) is 5. The molecule has 7 heteroatoms. The molecule has 1 aromatic rings. The van der Waals surface area contributed by atoms with Gasteiger partial charge in [-0.05, 0) is 13.3 Å². The zero-order chi connectivity index (χ0) is 14.3. The Morgan fingerprint density at radius 2 is 2.26 bits per heavy atom. The largest absolute Gasteiger partial charge is 0.394 e. The first-order valence-electron chi connectivity index (χ1n) is 6.30. The highest BCUT2D eigenvalue weighted by Crippen LogP contribution is 2.30. The van der Waals surface area contributed by atoms with Gasteiger partial charge in [0.1, 0.15) is 5.82 Å². The number of nitrogens with one attached hydrogen (secondary N) is 1. The minimum absolute atomic E-state index is 0.0240. The number of nitrogens with zero attached hydrogens (tertiary/aromatic N) is 3. The van der Waals surface area contributed by atoms with Crippen LogP contribution in [0.25, 0.3) is 0 Å². The van der Waals surface area contributed by atoms with Crippen molar-refractivity contribution in [3.63, 3.8) is 0 Å². The number of urea groups is 1. The number of aromatic nitrogens is 2. The van der Waals surface area contributed by atoms with Crippen LogP contribution in [-0.2, 0) is 5.41 Å². The van der Waals surface area contributed by atoms with E-state index in [1.165, 1.54) is 11.5 Å². The maximum absolute atomic E-state index is 12.1. The second kappa shape index (κ2) is 4.72. The van der Waals surface area contributed by atoms with Crippen molar-refractivity contribution < 1.29 is 9.90 Å². The van der Waals surface area contributed by atoms with E-state index in [0.717, 1.165) is 12.2 Å². The third-order valence-electron chi connectivity index (χ3n) is 3.42. The van der Waals surface area contributed by atoms with Crippen LogP contribution in [0.2, 0.25) is 0 Å². The summed E-state index contributed by atoms with van der Waals surface area (Å²) in [5.41, 5.74) is -0.572. The number of carbonyl (C=O) groups excluding carboxylic acids is 1. The fraction of sp³-hybridized carbons (Fsp3) is 0.750. The summed E-state index contributed by atoms with van der Waals surface area (Å²) >= 11 is 1.18. The summed E-state index contributed by atoms with van der Waals surface area (Å²) in [5, 5.41) is 12.5. The van der Waals surface area contributed by atoms with Crippen molar-refractivity contribution in [2.45, 2.75) is 45.1 Å². The molecule has 1 fully saturated rings. The van der Waals surface area contributed by atoms with Crippen LogP contribution in [0.1, 0.15) is 39.9 Å². The maximum Gasteiger partial charge on any atom is 0.324 e. The molecule has 1 aliphatic heterocycles. The Morgan fingerprint density at radius 1 is 1.58 bits per heavy atom. The average Bonchev–Trinajstić information content (AvgIpc) is 2.74. The van der Waals surface area contributed by atoms with Crippen LogP contribution < -0.4 is 5.32 Å². The minimum Gasteiger partial charge on any atom is -0.394 e. The summed E-state index contributed by atoms with van der Waals surface area (Å²) in [4.78, 5) is 18.0. The number of aliphatic hydroxyl groups excluding tert-OH is 1. The summed E-state index contributed by atoms with van der Waals surface area (Å²) < 4.78 is 4.25. The predicted octanol–water partition coefficient (Wildman–Crippen LogP) is 1.82. The van der Waals surface area contributed by atoms with Crippen molar-refractivity contribution in [2.24, 2.45) is 0 Å². The third-order valence-corrected chi connectivity index (χ3v) is 4.05. The molecule has 2 heterocycles. The molecule has 1 aromatic heterocycles. The highest BCUT2D eigenvalue weighted by atomic mass is 32.1. The molecule has 0 spiro atoms. The molecule has 6 nitrogen and oxygen atoms in total. The lowest BCUT2D eigenvalue weighted by Crippen LogP contribution is -2.63. The molecule has 0 saturated carbocycles. The summed E-state index contributed by atoms with van der Waals surface area (Å²) in [6.45, 7) is 8.59. The molecule has 0 bridgehead atoms. The normalized spacial score (nSPS) is 23.1. The fourth-order valence-corrected chi connectivity index (χ4v) is 2.60. The molecule has 1 atom stereocenters. The number of likely N-dealkylation sites (tertiary alicyclic amines) is 1. The van der Waals surface area contributed by atoms with Gasteiger partial charge in [-0.25, -0.2) is 9.78 Å². The number of aliphatic hydroxyl groups is 1. The molecule has 19 heavy (non-hydrogen) atoms. The fourth-order valence-electron chi connectivity index (χ4n) is 1.85. The van der Waals surface area contributed by atoms with Crippen molar-refractivity contribution >= 4 is 22.7 Å². The van der Waals surface area contributed by atoms with Gasteiger partial charge in [0.15, 0.2) is 0 Å². The Morgan fingerprint density at radius 3 is 2.68 bits per heavy atom. The van der Waals surface area contributed by atoms with Gasteiger partial charge >= 0.3 is 6.03 Å². The monoisotopic (exact) mass is 284 g/mol. The van der Waals surface area contributed by atoms with Crippen molar-refractivity contribution in [3.8, 4) is 0 Å². The van der Waals surface area contributed by atoms with Crippen LogP contribution in [0.3, 0.4) is 0 Å². The highest BCUT2D eigenvalue weighted by molar-refractivity contribution is 7.09. The topological polar surface area (TPSA) is 78.4 Å². The maximum atomic E-state index is 12.1. The van der Waals surface area contributed by atoms with Gasteiger partial charge in [-0.3, -0.25) is 5.32 Å². The number of hydrogen-bond donors (Lipinski definition) is 2. The van der Waals surface area contributed by atoms with Gasteiger partial charge in [-0.2, -0.15) is 4.37 Å². The molecular formula is C12H20N4O2S. The SMILES string of the molecule is CC(C)(C)c1nsc(NC(=O)N2CCC2(C)CO)n1. The van der Waals surface area contributed by atoms with E-state index in [-0.39, 0.29) is 18.1 Å².